The van der Waals surface area contributed by atoms with E-state index in [1.807, 2.05) is 0 Å². The minimum Gasteiger partial charge on any atom is -0.457 e. The van der Waals surface area contributed by atoms with Gasteiger partial charge in [-0.3, -0.25) is 0 Å². The fourth-order valence-corrected chi connectivity index (χ4v) is 0.416. The lowest BCUT2D eigenvalue weighted by Gasteiger charge is -2.07. The second-order valence-electron chi connectivity index (χ2n) is 2.40. The van der Waals surface area contributed by atoms with Gasteiger partial charge in [0, 0.05) is 0 Å². The Morgan fingerprint density at radius 1 is 1.00 bits per heavy atom. The van der Waals surface area contributed by atoms with E-state index in [-0.39, 0.29) is 22.7 Å². The number of ether oxygens (including phenoxy) is 1. The molecular formula is C10H10O3. The Morgan fingerprint density at radius 3 is 1.54 bits per heavy atom. The van der Waals surface area contributed by atoms with E-state index in [1.54, 1.807) is 11.9 Å². The molecule has 0 N–H and O–H groups in total. The topological polar surface area (TPSA) is 43.4 Å². The van der Waals surface area contributed by atoms with Crippen LogP contribution in [0.2, 0.25) is 0 Å². The van der Waals surface area contributed by atoms with Gasteiger partial charge in [0.25, 0.3) is 0 Å². The third-order valence-corrected chi connectivity index (χ3v) is 1.39. The molecule has 0 atom stereocenters. The van der Waals surface area contributed by atoms with Crippen molar-refractivity contribution in [3.8, 4) is 0 Å². The van der Waals surface area contributed by atoms with Crippen LogP contribution in [-0.2, 0) is 14.3 Å². The van der Waals surface area contributed by atoms with Gasteiger partial charge in [-0.05, 0) is 13.8 Å². The maximum Gasteiger partial charge on any atom is 0.134 e. The van der Waals surface area contributed by atoms with Crippen LogP contribution in [0.4, 0.5) is 0 Å². The molecule has 68 valence electrons. The molecule has 0 unspecified atom stereocenters. The van der Waals surface area contributed by atoms with Gasteiger partial charge >= 0.3 is 0 Å². The predicted octanol–water partition coefficient (Wildman–Crippen LogP) is 1.59. The summed E-state index contributed by atoms with van der Waals surface area (Å²) in [6, 6.07) is 0. The first-order valence-corrected chi connectivity index (χ1v) is 3.52. The van der Waals surface area contributed by atoms with E-state index in [0.717, 1.165) is 0 Å². The van der Waals surface area contributed by atoms with E-state index in [4.69, 9.17) is 4.74 Å². The van der Waals surface area contributed by atoms with Gasteiger partial charge in [0.1, 0.15) is 23.4 Å². The van der Waals surface area contributed by atoms with Crippen LogP contribution in [0.3, 0.4) is 0 Å². The molecule has 0 amide bonds. The van der Waals surface area contributed by atoms with Crippen molar-refractivity contribution in [2.75, 3.05) is 0 Å². The van der Waals surface area contributed by atoms with Gasteiger partial charge in [-0.1, -0.05) is 13.2 Å². The number of rotatable bonds is 4. The first-order valence-electron chi connectivity index (χ1n) is 3.52. The second kappa shape index (κ2) is 4.94. The Balaban J connectivity index is 4.49. The van der Waals surface area contributed by atoms with Gasteiger partial charge in [-0.2, -0.15) is 0 Å². The summed E-state index contributed by atoms with van der Waals surface area (Å²) in [5.74, 6) is 3.51. The smallest absolute Gasteiger partial charge is 0.134 e. The van der Waals surface area contributed by atoms with E-state index in [2.05, 4.69) is 13.2 Å². The molecule has 0 aromatic rings. The second-order valence-corrected chi connectivity index (χ2v) is 2.40. The Labute approximate surface area is 76.7 Å². The van der Waals surface area contributed by atoms with Crippen LogP contribution in [0.15, 0.2) is 35.8 Å². The van der Waals surface area contributed by atoms with Crippen molar-refractivity contribution in [3.63, 3.8) is 0 Å². The summed E-state index contributed by atoms with van der Waals surface area (Å²) >= 11 is 0. The van der Waals surface area contributed by atoms with Crippen LogP contribution < -0.4 is 0 Å². The molecule has 0 fully saturated rings. The van der Waals surface area contributed by atoms with Crippen molar-refractivity contribution < 1.29 is 14.3 Å². The monoisotopic (exact) mass is 178 g/mol. The average Bonchev–Trinajstić information content (AvgIpc) is 2.14. The highest BCUT2D eigenvalue weighted by atomic mass is 16.5. The van der Waals surface area contributed by atoms with Gasteiger partial charge in [0.05, 0.1) is 11.1 Å². The maximum atomic E-state index is 10.2. The highest BCUT2D eigenvalue weighted by molar-refractivity contribution is 5.60. The van der Waals surface area contributed by atoms with E-state index < -0.39 is 0 Å². The molecule has 0 heterocycles. The van der Waals surface area contributed by atoms with Crippen molar-refractivity contribution in [2.45, 2.75) is 13.8 Å². The van der Waals surface area contributed by atoms with Crippen LogP contribution in [0.25, 0.3) is 0 Å². The summed E-state index contributed by atoms with van der Waals surface area (Å²) in [6.07, 6.45) is 0. The van der Waals surface area contributed by atoms with E-state index in [1.165, 1.54) is 13.8 Å². The average molecular weight is 178 g/mol. The molecule has 0 rings (SSSR count). The molecule has 0 aliphatic rings. The summed E-state index contributed by atoms with van der Waals surface area (Å²) in [4.78, 5) is 20.3. The Hall–Kier alpha value is -1.82. The summed E-state index contributed by atoms with van der Waals surface area (Å²) < 4.78 is 4.97. The molecule has 0 aromatic heterocycles. The number of carbonyl (C=O) groups excluding carboxylic acids is 2. The van der Waals surface area contributed by atoms with Gasteiger partial charge in [0.15, 0.2) is 0 Å². The summed E-state index contributed by atoms with van der Waals surface area (Å²) in [6.45, 7) is 9.92. The molecule has 3 heteroatoms. The van der Waals surface area contributed by atoms with Crippen molar-refractivity contribution in [1.29, 1.82) is 0 Å². The molecule has 0 saturated carbocycles. The molecule has 0 saturated heterocycles. The first-order chi connectivity index (χ1) is 6.02. The summed E-state index contributed by atoms with van der Waals surface area (Å²) in [5.41, 5.74) is 0.472. The molecule has 13 heavy (non-hydrogen) atoms. The number of hydrogen-bond acceptors (Lipinski definition) is 3. The molecule has 3 nitrogen and oxygen atoms in total. The highest BCUT2D eigenvalue weighted by Gasteiger charge is 2.04. The molecule has 0 aromatic carbocycles. The van der Waals surface area contributed by atoms with Crippen molar-refractivity contribution in [1.82, 2.24) is 0 Å². The molecule has 0 radical (unpaired) electrons. The Morgan fingerprint density at radius 2 is 1.31 bits per heavy atom. The van der Waals surface area contributed by atoms with E-state index >= 15 is 0 Å². The number of hydrogen-bond donors (Lipinski definition) is 0. The highest BCUT2D eigenvalue weighted by Crippen LogP contribution is 2.13. The van der Waals surface area contributed by atoms with Gasteiger partial charge in [-0.15, -0.1) is 0 Å². The molecular weight excluding hydrogens is 168 g/mol. The Kier molecular flexibility index (Phi) is 4.25. The third-order valence-electron chi connectivity index (χ3n) is 1.39. The minimum atomic E-state index is 0.134. The molecule has 0 spiro atoms. The van der Waals surface area contributed by atoms with Crippen LogP contribution >= 0.6 is 0 Å². The molecule has 0 aliphatic carbocycles. The quantitative estimate of drug-likeness (QED) is 0.373. The van der Waals surface area contributed by atoms with Gasteiger partial charge in [-0.25, -0.2) is 9.59 Å². The Bertz CT molecular complexity index is 303. The predicted molar refractivity (Wildman–Crippen MR) is 49.1 cm³/mol. The largest absolute Gasteiger partial charge is 0.457 e. The molecule has 0 bridgehead atoms. The lowest BCUT2D eigenvalue weighted by Crippen LogP contribution is -1.94. The fraction of sp³-hybridized carbons (Fsp3) is 0.200. The fourth-order valence-electron chi connectivity index (χ4n) is 0.416. The van der Waals surface area contributed by atoms with E-state index in [0.29, 0.717) is 0 Å². The SMILES string of the molecule is C=C(OC(=C)C(C)=C=O)C(C)=C=O. The first kappa shape index (κ1) is 11.2. The minimum absolute atomic E-state index is 0.134. The third kappa shape index (κ3) is 3.39. The summed E-state index contributed by atoms with van der Waals surface area (Å²) in [5, 5.41) is 0. The van der Waals surface area contributed by atoms with Crippen LogP contribution in [0, 0.1) is 0 Å². The lowest BCUT2D eigenvalue weighted by molar-refractivity contribution is 0.328. The van der Waals surface area contributed by atoms with Crippen molar-refractivity contribution >= 4 is 11.9 Å². The lowest BCUT2D eigenvalue weighted by atomic mass is 10.3. The zero-order valence-electron chi connectivity index (χ0n) is 7.64. The molecule has 0 aliphatic heterocycles. The van der Waals surface area contributed by atoms with Crippen LogP contribution in [0.1, 0.15) is 13.8 Å². The van der Waals surface area contributed by atoms with Gasteiger partial charge < -0.3 is 4.74 Å². The van der Waals surface area contributed by atoms with Gasteiger partial charge in [0.2, 0.25) is 0 Å². The van der Waals surface area contributed by atoms with Crippen molar-refractivity contribution in [2.24, 2.45) is 0 Å². The van der Waals surface area contributed by atoms with Crippen LogP contribution in [0.5, 0.6) is 0 Å². The standard InChI is InChI=1S/C10H10O3/c1-7(5-11)9(3)13-10(4)8(2)6-12/h3-4H2,1-2H3. The summed E-state index contributed by atoms with van der Waals surface area (Å²) in [7, 11) is 0. The normalized spacial score (nSPS) is 7.85. The van der Waals surface area contributed by atoms with Crippen LogP contribution in [-0.4, -0.2) is 11.9 Å². The van der Waals surface area contributed by atoms with Crippen molar-refractivity contribution in [3.05, 3.63) is 35.8 Å². The zero-order valence-corrected chi connectivity index (χ0v) is 7.64. The number of allylic oxidation sites excluding steroid dienone is 2. The zero-order chi connectivity index (χ0) is 10.4. The maximum absolute atomic E-state index is 10.2. The van der Waals surface area contributed by atoms with E-state index in [9.17, 15) is 9.59 Å².